The Labute approximate surface area is 114 Å². The van der Waals surface area contributed by atoms with Crippen molar-refractivity contribution in [2.24, 2.45) is 11.8 Å². The summed E-state index contributed by atoms with van der Waals surface area (Å²) in [6.45, 7) is 1.97. The molecule has 3 atom stereocenters. The van der Waals surface area contributed by atoms with Gasteiger partial charge in [0, 0.05) is 11.6 Å². The first-order valence-electron chi connectivity index (χ1n) is 7.13. The van der Waals surface area contributed by atoms with Gasteiger partial charge in [-0.3, -0.25) is 4.79 Å². The first-order chi connectivity index (χ1) is 9.17. The lowest BCUT2D eigenvalue weighted by molar-refractivity contribution is 0.0923. The third kappa shape index (κ3) is 2.34. The third-order valence-electron chi connectivity index (χ3n) is 4.71. The molecule has 3 nitrogen and oxygen atoms in total. The lowest BCUT2D eigenvalue weighted by atomic mass is 9.95. The average Bonchev–Trinajstić information content (AvgIpc) is 3.00. The van der Waals surface area contributed by atoms with Crippen molar-refractivity contribution in [3.8, 4) is 5.75 Å². The smallest absolute Gasteiger partial charge is 0.251 e. The van der Waals surface area contributed by atoms with E-state index in [-0.39, 0.29) is 5.91 Å². The summed E-state index contributed by atoms with van der Waals surface area (Å²) in [5.41, 5.74) is 1.74. The fourth-order valence-corrected chi connectivity index (χ4v) is 3.69. The highest BCUT2D eigenvalue weighted by Gasteiger charge is 2.40. The second-order valence-corrected chi connectivity index (χ2v) is 5.94. The molecule has 2 fully saturated rings. The summed E-state index contributed by atoms with van der Waals surface area (Å²) < 4.78 is 5.22. The zero-order valence-corrected chi connectivity index (χ0v) is 11.6. The molecule has 19 heavy (non-hydrogen) atoms. The van der Waals surface area contributed by atoms with Crippen molar-refractivity contribution >= 4 is 5.91 Å². The minimum absolute atomic E-state index is 0.0586. The molecule has 2 aliphatic carbocycles. The van der Waals surface area contributed by atoms with E-state index in [0.717, 1.165) is 22.8 Å². The van der Waals surface area contributed by atoms with Gasteiger partial charge >= 0.3 is 0 Å². The fraction of sp³-hybridized carbons (Fsp3) is 0.562. The van der Waals surface area contributed by atoms with Gasteiger partial charge in [-0.2, -0.15) is 0 Å². The van der Waals surface area contributed by atoms with Gasteiger partial charge < -0.3 is 10.1 Å². The van der Waals surface area contributed by atoms with E-state index in [4.69, 9.17) is 4.74 Å². The molecule has 0 spiro atoms. The SMILES string of the molecule is COc1ccc(C(=O)N[C@H]2C[C@H]3CC[C@@H]2C3)cc1C. The van der Waals surface area contributed by atoms with Crippen LogP contribution in [-0.4, -0.2) is 19.1 Å². The largest absolute Gasteiger partial charge is 0.496 e. The maximum Gasteiger partial charge on any atom is 0.251 e. The Morgan fingerprint density at radius 3 is 2.74 bits per heavy atom. The van der Waals surface area contributed by atoms with Crippen LogP contribution in [-0.2, 0) is 0 Å². The molecule has 0 saturated heterocycles. The molecular weight excluding hydrogens is 238 g/mol. The van der Waals surface area contributed by atoms with Crippen molar-refractivity contribution in [1.82, 2.24) is 5.32 Å². The number of nitrogens with one attached hydrogen (secondary N) is 1. The summed E-state index contributed by atoms with van der Waals surface area (Å²) in [6, 6.07) is 6.01. The van der Waals surface area contributed by atoms with Gasteiger partial charge in [0.05, 0.1) is 7.11 Å². The molecule has 2 bridgehead atoms. The Balaban J connectivity index is 1.69. The van der Waals surface area contributed by atoms with Crippen LogP contribution in [0.25, 0.3) is 0 Å². The van der Waals surface area contributed by atoms with E-state index in [1.165, 1.54) is 25.7 Å². The summed E-state index contributed by atoms with van der Waals surface area (Å²) in [5.74, 6) is 2.46. The lowest BCUT2D eigenvalue weighted by Gasteiger charge is -2.23. The molecule has 3 heteroatoms. The van der Waals surface area contributed by atoms with Gasteiger partial charge in [0.2, 0.25) is 0 Å². The monoisotopic (exact) mass is 259 g/mol. The van der Waals surface area contributed by atoms with Gasteiger partial charge in [-0.1, -0.05) is 6.42 Å². The van der Waals surface area contributed by atoms with Crippen LogP contribution in [0.2, 0.25) is 0 Å². The molecule has 0 aliphatic heterocycles. The van der Waals surface area contributed by atoms with Crippen molar-refractivity contribution in [3.05, 3.63) is 29.3 Å². The van der Waals surface area contributed by atoms with E-state index in [2.05, 4.69) is 5.32 Å². The minimum atomic E-state index is 0.0586. The topological polar surface area (TPSA) is 38.3 Å². The van der Waals surface area contributed by atoms with Crippen molar-refractivity contribution in [1.29, 1.82) is 0 Å². The first kappa shape index (κ1) is 12.5. The third-order valence-corrected chi connectivity index (χ3v) is 4.71. The maximum absolute atomic E-state index is 12.3. The van der Waals surface area contributed by atoms with E-state index < -0.39 is 0 Å². The molecule has 0 unspecified atom stereocenters. The number of ether oxygens (including phenoxy) is 1. The molecule has 2 aliphatic rings. The summed E-state index contributed by atoms with van der Waals surface area (Å²) in [5, 5.41) is 3.21. The standard InChI is InChI=1S/C16H21NO2/c1-10-7-13(5-6-15(10)19-2)16(18)17-14-9-11-3-4-12(14)8-11/h5-7,11-12,14H,3-4,8-9H2,1-2H3,(H,17,18)/t11-,12+,14-/m0/s1. The number of hydrogen-bond donors (Lipinski definition) is 1. The Hall–Kier alpha value is -1.51. The van der Waals surface area contributed by atoms with Gasteiger partial charge in [0.15, 0.2) is 0 Å². The van der Waals surface area contributed by atoms with Crippen molar-refractivity contribution in [3.63, 3.8) is 0 Å². The van der Waals surface area contributed by atoms with Crippen LogP contribution >= 0.6 is 0 Å². The van der Waals surface area contributed by atoms with Crippen molar-refractivity contribution in [2.45, 2.75) is 38.6 Å². The van der Waals surface area contributed by atoms with Crippen molar-refractivity contribution < 1.29 is 9.53 Å². The summed E-state index contributed by atoms with van der Waals surface area (Å²) >= 11 is 0. The number of carbonyl (C=O) groups is 1. The predicted octanol–water partition coefficient (Wildman–Crippen LogP) is 2.92. The molecule has 1 aromatic carbocycles. The van der Waals surface area contributed by atoms with Crippen LogP contribution < -0.4 is 10.1 Å². The Kier molecular flexibility index (Phi) is 3.21. The molecule has 1 N–H and O–H groups in total. The first-order valence-corrected chi connectivity index (χ1v) is 7.13. The molecule has 1 aromatic rings. The second-order valence-electron chi connectivity index (χ2n) is 5.94. The molecular formula is C16H21NO2. The Bertz CT molecular complexity index is 498. The number of fused-ring (bicyclic) bond motifs is 2. The average molecular weight is 259 g/mol. The van der Waals surface area contributed by atoms with Crippen LogP contribution in [0.4, 0.5) is 0 Å². The molecule has 2 saturated carbocycles. The van der Waals surface area contributed by atoms with E-state index in [9.17, 15) is 4.79 Å². The molecule has 0 aromatic heterocycles. The molecule has 0 radical (unpaired) electrons. The number of hydrogen-bond acceptors (Lipinski definition) is 2. The maximum atomic E-state index is 12.3. The van der Waals surface area contributed by atoms with E-state index in [0.29, 0.717) is 12.0 Å². The fourth-order valence-electron chi connectivity index (χ4n) is 3.69. The number of methoxy groups -OCH3 is 1. The quantitative estimate of drug-likeness (QED) is 0.906. The predicted molar refractivity (Wildman–Crippen MR) is 74.4 cm³/mol. The van der Waals surface area contributed by atoms with Crippen LogP contribution in [0.5, 0.6) is 5.75 Å². The Morgan fingerprint density at radius 2 is 2.16 bits per heavy atom. The highest BCUT2D eigenvalue weighted by Crippen LogP contribution is 2.44. The second kappa shape index (κ2) is 4.87. The molecule has 0 heterocycles. The zero-order chi connectivity index (χ0) is 13.4. The normalized spacial score (nSPS) is 28.4. The van der Waals surface area contributed by atoms with E-state index in [1.807, 2.05) is 25.1 Å². The van der Waals surface area contributed by atoms with E-state index >= 15 is 0 Å². The molecule has 3 rings (SSSR count). The lowest BCUT2D eigenvalue weighted by Crippen LogP contribution is -2.38. The zero-order valence-electron chi connectivity index (χ0n) is 11.6. The van der Waals surface area contributed by atoms with Gasteiger partial charge in [-0.05, 0) is 61.8 Å². The minimum Gasteiger partial charge on any atom is -0.496 e. The summed E-state index contributed by atoms with van der Waals surface area (Å²) in [4.78, 5) is 12.3. The van der Waals surface area contributed by atoms with Gasteiger partial charge in [0.25, 0.3) is 5.91 Å². The Morgan fingerprint density at radius 1 is 1.32 bits per heavy atom. The van der Waals surface area contributed by atoms with Crippen molar-refractivity contribution in [2.75, 3.05) is 7.11 Å². The number of benzene rings is 1. The number of amides is 1. The van der Waals surface area contributed by atoms with Gasteiger partial charge in [-0.15, -0.1) is 0 Å². The number of rotatable bonds is 3. The summed E-state index contributed by atoms with van der Waals surface area (Å²) in [6.07, 6.45) is 5.13. The molecule has 102 valence electrons. The highest BCUT2D eigenvalue weighted by molar-refractivity contribution is 5.94. The van der Waals surface area contributed by atoms with Crippen LogP contribution in [0, 0.1) is 18.8 Å². The molecule has 1 amide bonds. The summed E-state index contributed by atoms with van der Waals surface area (Å²) in [7, 11) is 1.65. The number of carbonyl (C=O) groups excluding carboxylic acids is 1. The van der Waals surface area contributed by atoms with Crippen LogP contribution in [0.1, 0.15) is 41.6 Å². The number of aryl methyl sites for hydroxylation is 1. The van der Waals surface area contributed by atoms with Gasteiger partial charge in [0.1, 0.15) is 5.75 Å². The highest BCUT2D eigenvalue weighted by atomic mass is 16.5. The van der Waals surface area contributed by atoms with Crippen LogP contribution in [0.15, 0.2) is 18.2 Å². The van der Waals surface area contributed by atoms with Crippen LogP contribution in [0.3, 0.4) is 0 Å². The van der Waals surface area contributed by atoms with Gasteiger partial charge in [-0.25, -0.2) is 0 Å². The van der Waals surface area contributed by atoms with E-state index in [1.54, 1.807) is 7.11 Å².